The van der Waals surface area contributed by atoms with Crippen molar-refractivity contribution in [1.82, 2.24) is 10.2 Å². The molecule has 2 heteroatoms. The van der Waals surface area contributed by atoms with Crippen molar-refractivity contribution in [2.45, 2.75) is 26.2 Å². The van der Waals surface area contributed by atoms with E-state index in [1.165, 1.54) is 32.4 Å². The first-order valence-electron chi connectivity index (χ1n) is 6.71. The molecule has 96 valence electrons. The third-order valence-corrected chi connectivity index (χ3v) is 3.56. The summed E-state index contributed by atoms with van der Waals surface area (Å²) in [5.74, 6) is 0.962. The number of likely N-dealkylation sites (tertiary alicyclic amines) is 1. The molecule has 2 nitrogen and oxygen atoms in total. The van der Waals surface area contributed by atoms with Crippen LogP contribution in [0.3, 0.4) is 0 Å². The number of nitrogens with zero attached hydrogens (tertiary/aromatic N) is 1. The highest BCUT2D eigenvalue weighted by Crippen LogP contribution is 2.19. The van der Waals surface area contributed by atoms with E-state index < -0.39 is 0 Å². The first-order chi connectivity index (χ1) is 8.30. The molecule has 1 aliphatic heterocycles. The third kappa shape index (κ3) is 5.22. The molecule has 0 unspecified atom stereocenters. The lowest BCUT2D eigenvalue weighted by Gasteiger charge is -2.31. The van der Waals surface area contributed by atoms with E-state index in [0.717, 1.165) is 24.7 Å². The van der Waals surface area contributed by atoms with Crippen LogP contribution in [0.1, 0.15) is 26.2 Å². The van der Waals surface area contributed by atoms with E-state index in [2.05, 4.69) is 30.3 Å². The lowest BCUT2D eigenvalue weighted by Crippen LogP contribution is -2.37. The minimum absolute atomic E-state index is 0.962. The van der Waals surface area contributed by atoms with E-state index in [4.69, 9.17) is 0 Å². The van der Waals surface area contributed by atoms with Crippen molar-refractivity contribution in [3.63, 3.8) is 0 Å². The molecule has 0 bridgehead atoms. The summed E-state index contributed by atoms with van der Waals surface area (Å²) in [5, 5.41) is 3.37. The van der Waals surface area contributed by atoms with E-state index in [1.54, 1.807) is 6.08 Å². The van der Waals surface area contributed by atoms with Crippen LogP contribution < -0.4 is 5.32 Å². The highest BCUT2D eigenvalue weighted by molar-refractivity contribution is 5.18. The van der Waals surface area contributed by atoms with Gasteiger partial charge in [0.05, 0.1) is 0 Å². The Hall–Kier alpha value is -1.02. The predicted octanol–water partition coefficient (Wildman–Crippen LogP) is 2.95. The van der Waals surface area contributed by atoms with Gasteiger partial charge < -0.3 is 10.2 Å². The monoisotopic (exact) mass is 234 g/mol. The van der Waals surface area contributed by atoms with Crippen molar-refractivity contribution in [3.8, 4) is 0 Å². The molecule has 17 heavy (non-hydrogen) atoms. The summed E-state index contributed by atoms with van der Waals surface area (Å²) in [6, 6.07) is 0. The van der Waals surface area contributed by atoms with Gasteiger partial charge in [-0.3, -0.25) is 0 Å². The molecular formula is C15H26N2. The number of nitrogens with one attached hydrogen (secondary N) is 1. The Kier molecular flexibility index (Phi) is 6.71. The molecule has 0 aliphatic carbocycles. The quantitative estimate of drug-likeness (QED) is 0.681. The molecule has 1 N–H and O–H groups in total. The number of piperidine rings is 1. The zero-order valence-electron chi connectivity index (χ0n) is 11.1. The highest BCUT2D eigenvalue weighted by Gasteiger charge is 2.16. The van der Waals surface area contributed by atoms with Crippen LogP contribution in [0.25, 0.3) is 0 Å². The fourth-order valence-corrected chi connectivity index (χ4v) is 2.30. The van der Waals surface area contributed by atoms with Crippen LogP contribution in [-0.4, -0.2) is 31.1 Å². The zero-order chi connectivity index (χ0) is 12.5. The second-order valence-electron chi connectivity index (χ2n) is 4.68. The Morgan fingerprint density at radius 3 is 2.59 bits per heavy atom. The maximum atomic E-state index is 3.77. The van der Waals surface area contributed by atoms with Gasteiger partial charge in [-0.15, -0.1) is 0 Å². The van der Waals surface area contributed by atoms with Crippen molar-refractivity contribution >= 4 is 0 Å². The van der Waals surface area contributed by atoms with Gasteiger partial charge in [-0.05, 0) is 44.0 Å². The molecule has 0 radical (unpaired) electrons. The molecule has 0 aromatic carbocycles. The second kappa shape index (κ2) is 8.13. The summed E-state index contributed by atoms with van der Waals surface area (Å²) in [4.78, 5) is 2.55. The van der Waals surface area contributed by atoms with Gasteiger partial charge in [-0.2, -0.15) is 0 Å². The van der Waals surface area contributed by atoms with Crippen LogP contribution in [0, 0.1) is 5.92 Å². The predicted molar refractivity (Wildman–Crippen MR) is 75.9 cm³/mol. The number of rotatable bonds is 7. The standard InChI is InChI=1S/C15H26N2/c1-4-7-15(6-3)16-10-13-17-11-8-14(5-2)9-12-17/h4,6-7,14,16H,1,3,5,8-13H2,2H3/b15-7+. The molecule has 1 aliphatic rings. The second-order valence-corrected chi connectivity index (χ2v) is 4.68. The molecule has 1 fully saturated rings. The molecule has 0 atom stereocenters. The van der Waals surface area contributed by atoms with Gasteiger partial charge in [0.25, 0.3) is 0 Å². The van der Waals surface area contributed by atoms with Gasteiger partial charge in [0.15, 0.2) is 0 Å². The molecule has 0 amide bonds. The third-order valence-electron chi connectivity index (χ3n) is 3.56. The van der Waals surface area contributed by atoms with E-state index in [-0.39, 0.29) is 0 Å². The van der Waals surface area contributed by atoms with Crippen molar-refractivity contribution in [3.05, 3.63) is 37.1 Å². The molecule has 1 rings (SSSR count). The topological polar surface area (TPSA) is 15.3 Å². The van der Waals surface area contributed by atoms with Crippen LogP contribution >= 0.6 is 0 Å². The Bertz CT molecular complexity index is 260. The SMILES string of the molecule is C=C/C=C(\C=C)NCCN1CCC(CC)CC1. The molecule has 0 saturated carbocycles. The number of hydrogen-bond donors (Lipinski definition) is 1. The number of hydrogen-bond acceptors (Lipinski definition) is 2. The van der Waals surface area contributed by atoms with E-state index in [1.807, 2.05) is 12.2 Å². The van der Waals surface area contributed by atoms with E-state index in [0.29, 0.717) is 0 Å². The Morgan fingerprint density at radius 1 is 1.35 bits per heavy atom. The molecule has 0 aromatic rings. The average Bonchev–Trinajstić information content (AvgIpc) is 2.38. The molecular weight excluding hydrogens is 208 g/mol. The maximum Gasteiger partial charge on any atom is 0.0334 e. The van der Waals surface area contributed by atoms with Crippen molar-refractivity contribution < 1.29 is 0 Å². The summed E-state index contributed by atoms with van der Waals surface area (Å²) in [7, 11) is 0. The van der Waals surface area contributed by atoms with Crippen molar-refractivity contribution in [1.29, 1.82) is 0 Å². The lowest BCUT2D eigenvalue weighted by atomic mass is 9.94. The highest BCUT2D eigenvalue weighted by atomic mass is 15.1. The summed E-state index contributed by atoms with van der Waals surface area (Å²) in [6.07, 6.45) is 9.66. The minimum Gasteiger partial charge on any atom is -0.384 e. The fourth-order valence-electron chi connectivity index (χ4n) is 2.30. The average molecular weight is 234 g/mol. The van der Waals surface area contributed by atoms with Gasteiger partial charge >= 0.3 is 0 Å². The zero-order valence-corrected chi connectivity index (χ0v) is 11.1. The van der Waals surface area contributed by atoms with Gasteiger partial charge in [0.1, 0.15) is 0 Å². The maximum absolute atomic E-state index is 3.77. The van der Waals surface area contributed by atoms with Crippen LogP contribution in [-0.2, 0) is 0 Å². The van der Waals surface area contributed by atoms with Crippen LogP contribution in [0.4, 0.5) is 0 Å². The van der Waals surface area contributed by atoms with Crippen molar-refractivity contribution in [2.75, 3.05) is 26.2 Å². The van der Waals surface area contributed by atoms with Crippen LogP contribution in [0.5, 0.6) is 0 Å². The van der Waals surface area contributed by atoms with E-state index >= 15 is 0 Å². The summed E-state index contributed by atoms with van der Waals surface area (Å²) in [5.41, 5.74) is 1.06. The normalized spacial score (nSPS) is 19.0. The van der Waals surface area contributed by atoms with Crippen molar-refractivity contribution in [2.24, 2.45) is 5.92 Å². The van der Waals surface area contributed by atoms with Gasteiger partial charge in [0.2, 0.25) is 0 Å². The van der Waals surface area contributed by atoms with E-state index in [9.17, 15) is 0 Å². The summed E-state index contributed by atoms with van der Waals surface area (Å²) < 4.78 is 0. The summed E-state index contributed by atoms with van der Waals surface area (Å²) in [6.45, 7) is 14.4. The minimum atomic E-state index is 0.962. The fraction of sp³-hybridized carbons (Fsp3) is 0.600. The summed E-state index contributed by atoms with van der Waals surface area (Å²) >= 11 is 0. The Morgan fingerprint density at radius 2 is 2.06 bits per heavy atom. The number of allylic oxidation sites excluding steroid dienone is 3. The van der Waals surface area contributed by atoms with Crippen LogP contribution in [0.2, 0.25) is 0 Å². The Balaban J connectivity index is 2.17. The van der Waals surface area contributed by atoms with Crippen LogP contribution in [0.15, 0.2) is 37.1 Å². The van der Waals surface area contributed by atoms with Gasteiger partial charge in [0, 0.05) is 18.8 Å². The first kappa shape index (κ1) is 14.0. The smallest absolute Gasteiger partial charge is 0.0334 e. The molecule has 0 aromatic heterocycles. The molecule has 1 saturated heterocycles. The molecule has 1 heterocycles. The largest absolute Gasteiger partial charge is 0.384 e. The lowest BCUT2D eigenvalue weighted by molar-refractivity contribution is 0.184. The molecule has 0 spiro atoms. The van der Waals surface area contributed by atoms with Gasteiger partial charge in [-0.25, -0.2) is 0 Å². The van der Waals surface area contributed by atoms with Gasteiger partial charge in [-0.1, -0.05) is 32.6 Å². The Labute approximate surface area is 106 Å². The first-order valence-corrected chi connectivity index (χ1v) is 6.71.